The average Bonchev–Trinajstić information content (AvgIpc) is 2.72. The molecule has 0 fully saturated rings. The van der Waals surface area contributed by atoms with Crippen LogP contribution in [0, 0.1) is 6.92 Å². The van der Waals surface area contributed by atoms with Gasteiger partial charge in [0.1, 0.15) is 0 Å². The molecule has 0 aromatic heterocycles. The van der Waals surface area contributed by atoms with Crippen LogP contribution in [0.2, 0.25) is 0 Å². The van der Waals surface area contributed by atoms with Crippen molar-refractivity contribution in [2.75, 3.05) is 10.6 Å². The Balaban J connectivity index is 1.61. The molecular weight excluding hydrogens is 360 g/mol. The number of carbonyl (C=O) groups excluding carboxylic acids is 2. The lowest BCUT2D eigenvalue weighted by Gasteiger charge is -2.08. The number of nitrogens with one attached hydrogen (secondary N) is 2. The van der Waals surface area contributed by atoms with Crippen LogP contribution in [0.15, 0.2) is 78.9 Å². The molecule has 4 nitrogen and oxygen atoms in total. The summed E-state index contributed by atoms with van der Waals surface area (Å²) in [6.45, 7) is 4.27. The van der Waals surface area contributed by atoms with Gasteiger partial charge in [-0.25, -0.2) is 0 Å². The predicted molar refractivity (Wildman–Crippen MR) is 119 cm³/mol. The van der Waals surface area contributed by atoms with Crippen LogP contribution in [0.1, 0.15) is 34.0 Å². The number of allylic oxidation sites excluding steroid dienone is 1. The average molecular weight is 384 g/mol. The summed E-state index contributed by atoms with van der Waals surface area (Å²) in [5.74, 6) is -0.225. The molecule has 146 valence electrons. The van der Waals surface area contributed by atoms with Gasteiger partial charge in [0.25, 0.3) is 0 Å². The number of aryl methyl sites for hydroxylation is 1. The first-order valence-electron chi connectivity index (χ1n) is 9.49. The minimum Gasteiger partial charge on any atom is -0.381 e. The van der Waals surface area contributed by atoms with Gasteiger partial charge < -0.3 is 10.6 Å². The van der Waals surface area contributed by atoms with Gasteiger partial charge in [-0.3, -0.25) is 9.59 Å². The molecule has 0 atom stereocenters. The maximum absolute atomic E-state index is 12.4. The van der Waals surface area contributed by atoms with Crippen LogP contribution >= 0.6 is 0 Å². The van der Waals surface area contributed by atoms with E-state index in [1.54, 1.807) is 36.4 Å². The Morgan fingerprint density at radius 2 is 1.62 bits per heavy atom. The van der Waals surface area contributed by atoms with E-state index in [9.17, 15) is 9.59 Å². The Morgan fingerprint density at radius 1 is 0.897 bits per heavy atom. The Kier molecular flexibility index (Phi) is 6.59. The molecule has 0 saturated heterocycles. The molecule has 1 amide bonds. The summed E-state index contributed by atoms with van der Waals surface area (Å²) < 4.78 is 0. The zero-order valence-electron chi connectivity index (χ0n) is 16.6. The first kappa shape index (κ1) is 20.1. The second-order valence-electron chi connectivity index (χ2n) is 6.92. The van der Waals surface area contributed by atoms with Crippen LogP contribution in [-0.2, 0) is 11.3 Å². The monoisotopic (exact) mass is 384 g/mol. The van der Waals surface area contributed by atoms with Crippen molar-refractivity contribution in [2.45, 2.75) is 20.4 Å². The smallest absolute Gasteiger partial charge is 0.221 e. The van der Waals surface area contributed by atoms with E-state index in [0.29, 0.717) is 11.3 Å². The molecule has 0 heterocycles. The summed E-state index contributed by atoms with van der Waals surface area (Å²) in [5.41, 5.74) is 5.65. The minimum absolute atomic E-state index is 0.0857. The van der Waals surface area contributed by atoms with Crippen LogP contribution in [0.5, 0.6) is 0 Å². The van der Waals surface area contributed by atoms with Crippen LogP contribution in [-0.4, -0.2) is 11.7 Å². The Labute approximate surface area is 171 Å². The summed E-state index contributed by atoms with van der Waals surface area (Å²) >= 11 is 0. The molecule has 0 aliphatic rings. The van der Waals surface area contributed by atoms with E-state index in [4.69, 9.17) is 0 Å². The van der Waals surface area contributed by atoms with Crippen molar-refractivity contribution >= 4 is 29.1 Å². The van der Waals surface area contributed by atoms with E-state index in [1.807, 2.05) is 24.3 Å². The molecule has 0 bridgehead atoms. The van der Waals surface area contributed by atoms with E-state index in [1.165, 1.54) is 18.1 Å². The van der Waals surface area contributed by atoms with Crippen molar-refractivity contribution in [3.8, 4) is 0 Å². The Hall–Kier alpha value is -3.66. The zero-order valence-corrected chi connectivity index (χ0v) is 16.6. The molecule has 0 saturated carbocycles. The van der Waals surface area contributed by atoms with Crippen LogP contribution in [0.4, 0.5) is 11.4 Å². The highest BCUT2D eigenvalue weighted by molar-refractivity contribution is 6.07. The fourth-order valence-electron chi connectivity index (χ4n) is 2.85. The molecule has 29 heavy (non-hydrogen) atoms. The molecule has 0 radical (unpaired) electrons. The summed E-state index contributed by atoms with van der Waals surface area (Å²) in [5, 5.41) is 6.09. The fraction of sp³-hybridized carbons (Fsp3) is 0.120. The van der Waals surface area contributed by atoms with Gasteiger partial charge in [-0.2, -0.15) is 0 Å². The quantitative estimate of drug-likeness (QED) is 0.420. The lowest BCUT2D eigenvalue weighted by Crippen LogP contribution is -2.05. The third-order valence-electron chi connectivity index (χ3n) is 4.42. The second kappa shape index (κ2) is 9.51. The summed E-state index contributed by atoms with van der Waals surface area (Å²) in [4.78, 5) is 23.4. The van der Waals surface area contributed by atoms with Gasteiger partial charge in [0.2, 0.25) is 5.91 Å². The van der Waals surface area contributed by atoms with Crippen molar-refractivity contribution in [3.05, 3.63) is 101 Å². The summed E-state index contributed by atoms with van der Waals surface area (Å²) in [6, 6.07) is 23.2. The lowest BCUT2D eigenvalue weighted by molar-refractivity contribution is -0.114. The van der Waals surface area contributed by atoms with Gasteiger partial charge in [-0.15, -0.1) is 0 Å². The lowest BCUT2D eigenvalue weighted by atomic mass is 10.1. The van der Waals surface area contributed by atoms with Gasteiger partial charge in [0.05, 0.1) is 0 Å². The van der Waals surface area contributed by atoms with E-state index < -0.39 is 0 Å². The highest BCUT2D eigenvalue weighted by Gasteiger charge is 2.03. The van der Waals surface area contributed by atoms with E-state index >= 15 is 0 Å². The van der Waals surface area contributed by atoms with Crippen molar-refractivity contribution in [1.82, 2.24) is 0 Å². The Morgan fingerprint density at radius 3 is 2.31 bits per heavy atom. The van der Waals surface area contributed by atoms with Gasteiger partial charge in [0, 0.05) is 30.4 Å². The van der Waals surface area contributed by atoms with Crippen LogP contribution < -0.4 is 10.6 Å². The summed E-state index contributed by atoms with van der Waals surface area (Å²) in [7, 11) is 0. The first-order valence-corrected chi connectivity index (χ1v) is 9.49. The number of ketones is 1. The van der Waals surface area contributed by atoms with Crippen LogP contribution in [0.3, 0.4) is 0 Å². The highest BCUT2D eigenvalue weighted by atomic mass is 16.1. The van der Waals surface area contributed by atoms with Crippen molar-refractivity contribution in [2.24, 2.45) is 0 Å². The molecule has 3 aromatic carbocycles. The number of rotatable bonds is 7. The van der Waals surface area contributed by atoms with Gasteiger partial charge in [0.15, 0.2) is 5.78 Å². The molecule has 0 aliphatic heterocycles. The number of benzene rings is 3. The topological polar surface area (TPSA) is 58.2 Å². The molecule has 0 spiro atoms. The number of anilines is 2. The Bertz CT molecular complexity index is 1020. The molecule has 0 aliphatic carbocycles. The molecular formula is C25H24N2O2. The molecule has 0 unspecified atom stereocenters. The fourth-order valence-corrected chi connectivity index (χ4v) is 2.85. The SMILES string of the molecule is CC(=O)Nc1ccc(C(=O)/C=C/c2cccc(NCc3ccc(C)cc3)c2)cc1. The van der Waals surface area contributed by atoms with Crippen molar-refractivity contribution in [3.63, 3.8) is 0 Å². The number of amides is 1. The van der Waals surface area contributed by atoms with Crippen LogP contribution in [0.25, 0.3) is 6.08 Å². The van der Waals surface area contributed by atoms with E-state index in [0.717, 1.165) is 17.8 Å². The van der Waals surface area contributed by atoms with Gasteiger partial charge in [-0.1, -0.05) is 48.0 Å². The third kappa shape index (κ3) is 6.18. The largest absolute Gasteiger partial charge is 0.381 e. The molecule has 4 heteroatoms. The zero-order chi connectivity index (χ0) is 20.6. The normalized spacial score (nSPS) is 10.7. The minimum atomic E-state index is -0.139. The maximum Gasteiger partial charge on any atom is 0.221 e. The molecule has 2 N–H and O–H groups in total. The second-order valence-corrected chi connectivity index (χ2v) is 6.92. The third-order valence-corrected chi connectivity index (χ3v) is 4.42. The molecule has 3 rings (SSSR count). The number of hydrogen-bond acceptors (Lipinski definition) is 3. The number of carbonyl (C=O) groups is 2. The van der Waals surface area contributed by atoms with Gasteiger partial charge in [-0.05, 0) is 60.5 Å². The maximum atomic E-state index is 12.4. The number of hydrogen-bond donors (Lipinski definition) is 2. The van der Waals surface area contributed by atoms with Crippen molar-refractivity contribution in [1.29, 1.82) is 0 Å². The standard InChI is InChI=1S/C25H24N2O2/c1-18-6-8-21(9-7-18)17-26-24-5-3-4-20(16-24)10-15-25(29)22-11-13-23(14-12-22)27-19(2)28/h3-16,26H,17H2,1-2H3,(H,27,28)/b15-10+. The van der Waals surface area contributed by atoms with E-state index in [2.05, 4.69) is 41.8 Å². The predicted octanol–water partition coefficient (Wildman–Crippen LogP) is 5.46. The highest BCUT2D eigenvalue weighted by Crippen LogP contribution is 2.15. The van der Waals surface area contributed by atoms with Crippen molar-refractivity contribution < 1.29 is 9.59 Å². The van der Waals surface area contributed by atoms with E-state index in [-0.39, 0.29) is 11.7 Å². The summed E-state index contributed by atoms with van der Waals surface area (Å²) in [6.07, 6.45) is 3.37. The first-order chi connectivity index (χ1) is 14.0. The molecule has 3 aromatic rings. The van der Waals surface area contributed by atoms with Gasteiger partial charge >= 0.3 is 0 Å².